The lowest BCUT2D eigenvalue weighted by Crippen LogP contribution is -2.32. The van der Waals surface area contributed by atoms with E-state index in [0.717, 1.165) is 12.1 Å². The van der Waals surface area contributed by atoms with Crippen LogP contribution in [-0.2, 0) is 9.84 Å². The molecule has 1 atom stereocenters. The normalized spacial score (nSPS) is 13.6. The number of halogens is 1. The fourth-order valence-corrected chi connectivity index (χ4v) is 2.73. The molecule has 0 spiro atoms. The maximum atomic E-state index is 12.6. The number of hydrogen-bond acceptors (Lipinski definition) is 4. The molecule has 2 N–H and O–H groups in total. The number of benzene rings is 1. The quantitative estimate of drug-likeness (QED) is 0.735. The molecule has 1 aromatic rings. The SMILES string of the molecule is CCNCC(O)CS(=O)(=O)c1ccc(F)cc1. The first kappa shape index (κ1) is 14.1. The van der Waals surface area contributed by atoms with Crippen LogP contribution in [0.3, 0.4) is 0 Å². The van der Waals surface area contributed by atoms with Crippen LogP contribution in [0.1, 0.15) is 6.92 Å². The van der Waals surface area contributed by atoms with Gasteiger partial charge in [-0.05, 0) is 30.8 Å². The molecule has 1 rings (SSSR count). The van der Waals surface area contributed by atoms with Gasteiger partial charge in [0.15, 0.2) is 9.84 Å². The van der Waals surface area contributed by atoms with Gasteiger partial charge >= 0.3 is 0 Å². The van der Waals surface area contributed by atoms with Crippen LogP contribution in [0, 0.1) is 5.82 Å². The maximum Gasteiger partial charge on any atom is 0.180 e. The molecule has 1 unspecified atom stereocenters. The molecule has 0 aliphatic carbocycles. The van der Waals surface area contributed by atoms with Crippen molar-refractivity contribution in [2.24, 2.45) is 0 Å². The second-order valence-electron chi connectivity index (χ2n) is 3.70. The molecular weight excluding hydrogens is 245 g/mol. The van der Waals surface area contributed by atoms with Gasteiger partial charge in [-0.25, -0.2) is 12.8 Å². The van der Waals surface area contributed by atoms with Crippen molar-refractivity contribution >= 4 is 9.84 Å². The Morgan fingerprint density at radius 1 is 1.35 bits per heavy atom. The predicted molar refractivity (Wildman–Crippen MR) is 63.0 cm³/mol. The monoisotopic (exact) mass is 261 g/mol. The Morgan fingerprint density at radius 3 is 2.47 bits per heavy atom. The van der Waals surface area contributed by atoms with E-state index in [1.807, 2.05) is 6.92 Å². The number of nitrogens with one attached hydrogen (secondary N) is 1. The largest absolute Gasteiger partial charge is 0.391 e. The zero-order valence-electron chi connectivity index (χ0n) is 9.56. The van der Waals surface area contributed by atoms with Crippen molar-refractivity contribution in [2.75, 3.05) is 18.8 Å². The van der Waals surface area contributed by atoms with Gasteiger partial charge in [-0.15, -0.1) is 0 Å². The van der Waals surface area contributed by atoms with E-state index in [1.165, 1.54) is 12.1 Å². The highest BCUT2D eigenvalue weighted by molar-refractivity contribution is 7.91. The molecule has 0 aliphatic rings. The Hall–Kier alpha value is -0.980. The van der Waals surface area contributed by atoms with E-state index in [1.54, 1.807) is 0 Å². The number of likely N-dealkylation sites (N-methyl/N-ethyl adjacent to an activating group) is 1. The van der Waals surface area contributed by atoms with Gasteiger partial charge < -0.3 is 10.4 Å². The van der Waals surface area contributed by atoms with Crippen LogP contribution in [0.4, 0.5) is 4.39 Å². The van der Waals surface area contributed by atoms with Gasteiger partial charge in [0.1, 0.15) is 5.82 Å². The van der Waals surface area contributed by atoms with Crippen LogP contribution in [-0.4, -0.2) is 38.5 Å². The molecule has 0 aliphatic heterocycles. The van der Waals surface area contributed by atoms with Gasteiger partial charge in [0.05, 0.1) is 16.8 Å². The molecule has 1 aromatic carbocycles. The van der Waals surface area contributed by atoms with E-state index < -0.39 is 21.8 Å². The Kier molecular flexibility index (Phi) is 5.04. The molecule has 0 bridgehead atoms. The summed E-state index contributed by atoms with van der Waals surface area (Å²) in [7, 11) is -3.56. The average Bonchev–Trinajstić information content (AvgIpc) is 2.26. The summed E-state index contributed by atoms with van der Waals surface area (Å²) in [6.45, 7) is 2.74. The highest BCUT2D eigenvalue weighted by atomic mass is 32.2. The number of sulfone groups is 1. The summed E-state index contributed by atoms with van der Waals surface area (Å²) in [6, 6.07) is 4.57. The smallest absolute Gasteiger partial charge is 0.180 e. The highest BCUT2D eigenvalue weighted by Crippen LogP contribution is 2.12. The second-order valence-corrected chi connectivity index (χ2v) is 5.73. The Morgan fingerprint density at radius 2 is 1.94 bits per heavy atom. The third-order valence-electron chi connectivity index (χ3n) is 2.21. The summed E-state index contributed by atoms with van der Waals surface area (Å²) >= 11 is 0. The maximum absolute atomic E-state index is 12.6. The molecule has 0 heterocycles. The molecule has 17 heavy (non-hydrogen) atoms. The molecule has 4 nitrogen and oxygen atoms in total. The van der Waals surface area contributed by atoms with E-state index in [-0.39, 0.29) is 17.2 Å². The van der Waals surface area contributed by atoms with Gasteiger partial charge in [0.2, 0.25) is 0 Å². The first-order valence-corrected chi connectivity index (χ1v) is 6.98. The van der Waals surface area contributed by atoms with E-state index in [4.69, 9.17) is 0 Å². The fraction of sp³-hybridized carbons (Fsp3) is 0.455. The third kappa shape index (κ3) is 4.41. The molecule has 6 heteroatoms. The molecule has 0 amide bonds. The summed E-state index contributed by atoms with van der Waals surface area (Å²) in [5, 5.41) is 12.4. The molecule has 0 radical (unpaired) electrons. The van der Waals surface area contributed by atoms with Crippen LogP contribution in [0.5, 0.6) is 0 Å². The van der Waals surface area contributed by atoms with E-state index in [2.05, 4.69) is 5.32 Å². The van der Waals surface area contributed by atoms with Crippen LogP contribution >= 0.6 is 0 Å². The standard InChI is InChI=1S/C11H16FNO3S/c1-2-13-7-10(14)8-17(15,16)11-5-3-9(12)4-6-11/h3-6,10,13-14H,2,7-8H2,1H3. The molecular formula is C11H16FNO3S. The summed E-state index contributed by atoms with van der Waals surface area (Å²) < 4.78 is 36.3. The molecule has 0 fully saturated rings. The van der Waals surface area contributed by atoms with Crippen molar-refractivity contribution in [3.63, 3.8) is 0 Å². The molecule has 0 saturated carbocycles. The number of aliphatic hydroxyl groups is 1. The van der Waals surface area contributed by atoms with Crippen LogP contribution in [0.25, 0.3) is 0 Å². The first-order chi connectivity index (χ1) is 7.95. The zero-order valence-corrected chi connectivity index (χ0v) is 10.4. The van der Waals surface area contributed by atoms with Gasteiger partial charge in [0, 0.05) is 6.54 Å². The third-order valence-corrected chi connectivity index (χ3v) is 4.03. The van der Waals surface area contributed by atoms with E-state index >= 15 is 0 Å². The Balaban J connectivity index is 2.71. The number of hydrogen-bond donors (Lipinski definition) is 2. The van der Waals surface area contributed by atoms with Crippen molar-refractivity contribution < 1.29 is 17.9 Å². The van der Waals surface area contributed by atoms with Gasteiger partial charge in [-0.2, -0.15) is 0 Å². The van der Waals surface area contributed by atoms with Crippen molar-refractivity contribution in [3.8, 4) is 0 Å². The topological polar surface area (TPSA) is 66.4 Å². The molecule has 0 aromatic heterocycles. The van der Waals surface area contributed by atoms with Crippen molar-refractivity contribution in [2.45, 2.75) is 17.9 Å². The number of rotatable bonds is 6. The van der Waals surface area contributed by atoms with Crippen molar-refractivity contribution in [3.05, 3.63) is 30.1 Å². The minimum absolute atomic E-state index is 0.0226. The summed E-state index contributed by atoms with van der Waals surface area (Å²) in [6.07, 6.45) is -0.968. The fourth-order valence-electron chi connectivity index (χ4n) is 1.36. The van der Waals surface area contributed by atoms with Gasteiger partial charge in [-0.1, -0.05) is 6.92 Å². The molecule has 0 saturated heterocycles. The highest BCUT2D eigenvalue weighted by Gasteiger charge is 2.19. The van der Waals surface area contributed by atoms with Crippen LogP contribution < -0.4 is 5.32 Å². The average molecular weight is 261 g/mol. The van der Waals surface area contributed by atoms with Crippen LogP contribution in [0.15, 0.2) is 29.2 Å². The lowest BCUT2D eigenvalue weighted by Gasteiger charge is -2.11. The van der Waals surface area contributed by atoms with Crippen molar-refractivity contribution in [1.82, 2.24) is 5.32 Å². The Labute approximate surface area is 100 Å². The van der Waals surface area contributed by atoms with Crippen molar-refractivity contribution in [1.29, 1.82) is 0 Å². The summed E-state index contributed by atoms with van der Waals surface area (Å²) in [5.74, 6) is -0.858. The van der Waals surface area contributed by atoms with E-state index in [9.17, 15) is 17.9 Å². The van der Waals surface area contributed by atoms with Gasteiger partial charge in [0.25, 0.3) is 0 Å². The molecule has 96 valence electrons. The van der Waals surface area contributed by atoms with Crippen LogP contribution in [0.2, 0.25) is 0 Å². The Bertz CT molecular complexity index is 444. The summed E-state index contributed by atoms with van der Waals surface area (Å²) in [5.41, 5.74) is 0. The second kappa shape index (κ2) is 6.09. The summed E-state index contributed by atoms with van der Waals surface area (Å²) in [4.78, 5) is 0.0226. The number of aliphatic hydroxyl groups excluding tert-OH is 1. The lowest BCUT2D eigenvalue weighted by molar-refractivity contribution is 0.194. The van der Waals surface area contributed by atoms with E-state index in [0.29, 0.717) is 6.54 Å². The lowest BCUT2D eigenvalue weighted by atomic mass is 10.3. The first-order valence-electron chi connectivity index (χ1n) is 5.33. The predicted octanol–water partition coefficient (Wildman–Crippen LogP) is 0.570. The van der Waals surface area contributed by atoms with Gasteiger partial charge in [-0.3, -0.25) is 0 Å². The minimum Gasteiger partial charge on any atom is -0.391 e. The zero-order chi connectivity index (χ0) is 12.9. The minimum atomic E-state index is -3.56.